The minimum Gasteiger partial charge on any atom is -0.497 e. The molecule has 2 unspecified atom stereocenters. The number of nitrogens with one attached hydrogen (secondary N) is 2. The van der Waals surface area contributed by atoms with E-state index in [1.807, 2.05) is 32.2 Å². The first-order chi connectivity index (χ1) is 9.63. The molecular weight excluding hydrogens is 256 g/mol. The van der Waals surface area contributed by atoms with Crippen LogP contribution in [-0.4, -0.2) is 39.3 Å². The molecule has 0 radical (unpaired) electrons. The molecule has 0 aliphatic carbocycles. The van der Waals surface area contributed by atoms with Gasteiger partial charge in [0.1, 0.15) is 18.1 Å². The summed E-state index contributed by atoms with van der Waals surface area (Å²) in [5.41, 5.74) is 1.03. The van der Waals surface area contributed by atoms with E-state index in [1.165, 1.54) is 0 Å². The molecular formula is C15H22N2O3. The van der Waals surface area contributed by atoms with Crippen molar-refractivity contribution in [2.45, 2.75) is 19.4 Å². The number of fused-ring (bicyclic) bond motifs is 1. The zero-order valence-electron chi connectivity index (χ0n) is 12.2. The third-order valence-corrected chi connectivity index (χ3v) is 3.62. The summed E-state index contributed by atoms with van der Waals surface area (Å²) in [7, 11) is 3.51. The Morgan fingerprint density at radius 2 is 2.35 bits per heavy atom. The monoisotopic (exact) mass is 278 g/mol. The second kappa shape index (κ2) is 6.61. The quantitative estimate of drug-likeness (QED) is 0.842. The van der Waals surface area contributed by atoms with Gasteiger partial charge < -0.3 is 20.1 Å². The molecule has 1 aliphatic heterocycles. The summed E-state index contributed by atoms with van der Waals surface area (Å²) in [6, 6.07) is 5.96. The first kappa shape index (κ1) is 14.7. The number of methoxy groups -OCH3 is 1. The van der Waals surface area contributed by atoms with Gasteiger partial charge in [0.25, 0.3) is 0 Å². The largest absolute Gasteiger partial charge is 0.497 e. The van der Waals surface area contributed by atoms with Crippen LogP contribution in [0.1, 0.15) is 12.5 Å². The first-order valence-electron chi connectivity index (χ1n) is 6.88. The van der Waals surface area contributed by atoms with Gasteiger partial charge in [0, 0.05) is 12.6 Å². The molecule has 110 valence electrons. The third-order valence-electron chi connectivity index (χ3n) is 3.62. The van der Waals surface area contributed by atoms with Crippen LogP contribution in [0.3, 0.4) is 0 Å². The van der Waals surface area contributed by atoms with Gasteiger partial charge in [0.15, 0.2) is 0 Å². The van der Waals surface area contributed by atoms with E-state index < -0.39 is 0 Å². The predicted molar refractivity (Wildman–Crippen MR) is 77.2 cm³/mol. The van der Waals surface area contributed by atoms with Crippen molar-refractivity contribution in [1.29, 1.82) is 0 Å². The Morgan fingerprint density at radius 1 is 1.55 bits per heavy atom. The number of likely N-dealkylation sites (N-methyl/N-ethyl adjacent to an activating group) is 1. The topological polar surface area (TPSA) is 59.6 Å². The van der Waals surface area contributed by atoms with Gasteiger partial charge in [-0.1, -0.05) is 0 Å². The molecule has 2 rings (SSSR count). The minimum absolute atomic E-state index is 0.0422. The highest BCUT2D eigenvalue weighted by molar-refractivity contribution is 5.79. The predicted octanol–water partition coefficient (Wildman–Crippen LogP) is 0.970. The van der Waals surface area contributed by atoms with E-state index in [9.17, 15) is 4.79 Å². The van der Waals surface area contributed by atoms with E-state index in [0.717, 1.165) is 17.1 Å². The third kappa shape index (κ3) is 3.42. The van der Waals surface area contributed by atoms with Crippen molar-refractivity contribution < 1.29 is 14.3 Å². The fourth-order valence-electron chi connectivity index (χ4n) is 2.17. The van der Waals surface area contributed by atoms with Gasteiger partial charge in [-0.3, -0.25) is 4.79 Å². The van der Waals surface area contributed by atoms with Gasteiger partial charge in [0.05, 0.1) is 13.0 Å². The fraction of sp³-hybridized carbons (Fsp3) is 0.533. The Labute approximate surface area is 119 Å². The molecule has 0 saturated carbocycles. The van der Waals surface area contributed by atoms with Crippen LogP contribution in [-0.2, 0) is 11.2 Å². The summed E-state index contributed by atoms with van der Waals surface area (Å²) in [4.78, 5) is 12.1. The van der Waals surface area contributed by atoms with Gasteiger partial charge in [-0.25, -0.2) is 0 Å². The zero-order valence-corrected chi connectivity index (χ0v) is 12.2. The van der Waals surface area contributed by atoms with Crippen LogP contribution in [0.25, 0.3) is 0 Å². The average molecular weight is 278 g/mol. The smallest absolute Gasteiger partial charge is 0.226 e. The summed E-state index contributed by atoms with van der Waals surface area (Å²) in [6.07, 6.45) is 0.687. The van der Waals surface area contributed by atoms with E-state index in [1.54, 1.807) is 7.11 Å². The molecule has 2 atom stereocenters. The molecule has 1 aromatic rings. The highest BCUT2D eigenvalue weighted by atomic mass is 16.5. The van der Waals surface area contributed by atoms with Crippen LogP contribution < -0.4 is 20.1 Å². The summed E-state index contributed by atoms with van der Waals surface area (Å²) in [5, 5.41) is 6.04. The number of hydrogen-bond acceptors (Lipinski definition) is 4. The lowest BCUT2D eigenvalue weighted by Crippen LogP contribution is -2.42. The molecule has 1 aromatic carbocycles. The molecule has 1 heterocycles. The van der Waals surface area contributed by atoms with Gasteiger partial charge in [-0.2, -0.15) is 0 Å². The van der Waals surface area contributed by atoms with Crippen molar-refractivity contribution in [3.8, 4) is 11.5 Å². The molecule has 5 nitrogen and oxygen atoms in total. The van der Waals surface area contributed by atoms with E-state index in [4.69, 9.17) is 9.47 Å². The molecule has 0 fully saturated rings. The van der Waals surface area contributed by atoms with E-state index >= 15 is 0 Å². The SMILES string of the molecule is CNC(C)CNC(=O)C1COc2ccc(OC)cc2C1. The summed E-state index contributed by atoms with van der Waals surface area (Å²) >= 11 is 0. The maximum absolute atomic E-state index is 12.1. The van der Waals surface area contributed by atoms with Crippen LogP contribution in [0.15, 0.2) is 18.2 Å². The highest BCUT2D eigenvalue weighted by Gasteiger charge is 2.26. The number of hydrogen-bond donors (Lipinski definition) is 2. The maximum Gasteiger partial charge on any atom is 0.226 e. The van der Waals surface area contributed by atoms with Crippen LogP contribution in [0, 0.1) is 5.92 Å². The number of benzene rings is 1. The second-order valence-corrected chi connectivity index (χ2v) is 5.12. The average Bonchev–Trinajstić information content (AvgIpc) is 2.50. The van der Waals surface area contributed by atoms with E-state index in [0.29, 0.717) is 19.6 Å². The molecule has 0 aromatic heterocycles. The number of carbonyl (C=O) groups is 1. The fourth-order valence-corrected chi connectivity index (χ4v) is 2.17. The number of ether oxygens (including phenoxy) is 2. The van der Waals surface area contributed by atoms with E-state index in [-0.39, 0.29) is 17.9 Å². The van der Waals surface area contributed by atoms with Crippen molar-refractivity contribution in [3.63, 3.8) is 0 Å². The van der Waals surface area contributed by atoms with Crippen LogP contribution >= 0.6 is 0 Å². The Kier molecular flexibility index (Phi) is 4.84. The number of amides is 1. The van der Waals surface area contributed by atoms with E-state index in [2.05, 4.69) is 10.6 Å². The molecule has 20 heavy (non-hydrogen) atoms. The Balaban J connectivity index is 1.97. The van der Waals surface area contributed by atoms with Crippen LogP contribution in [0.4, 0.5) is 0 Å². The van der Waals surface area contributed by atoms with Crippen molar-refractivity contribution >= 4 is 5.91 Å². The molecule has 0 saturated heterocycles. The van der Waals surface area contributed by atoms with Crippen molar-refractivity contribution in [2.75, 3.05) is 27.3 Å². The van der Waals surface area contributed by atoms with Crippen LogP contribution in [0.5, 0.6) is 11.5 Å². The van der Waals surface area contributed by atoms with Gasteiger partial charge in [-0.15, -0.1) is 0 Å². The lowest BCUT2D eigenvalue weighted by atomic mass is 9.95. The molecule has 0 spiro atoms. The summed E-state index contributed by atoms with van der Waals surface area (Å²) < 4.78 is 10.9. The van der Waals surface area contributed by atoms with Crippen LogP contribution in [0.2, 0.25) is 0 Å². The minimum atomic E-state index is -0.140. The Hall–Kier alpha value is -1.75. The maximum atomic E-state index is 12.1. The van der Waals surface area contributed by atoms with Crippen molar-refractivity contribution in [2.24, 2.45) is 5.92 Å². The lowest BCUT2D eigenvalue weighted by molar-refractivity contribution is -0.126. The molecule has 2 N–H and O–H groups in total. The Morgan fingerprint density at radius 3 is 3.05 bits per heavy atom. The standard InChI is InChI=1S/C15H22N2O3/c1-10(16-2)8-17-15(18)12-6-11-7-13(19-3)4-5-14(11)20-9-12/h4-5,7,10,12,16H,6,8-9H2,1-3H3,(H,17,18). The summed E-state index contributed by atoms with van der Waals surface area (Å²) in [5.74, 6) is 1.54. The summed E-state index contributed by atoms with van der Waals surface area (Å²) in [6.45, 7) is 3.08. The second-order valence-electron chi connectivity index (χ2n) is 5.12. The van der Waals surface area contributed by atoms with Crippen molar-refractivity contribution in [3.05, 3.63) is 23.8 Å². The van der Waals surface area contributed by atoms with Crippen molar-refractivity contribution in [1.82, 2.24) is 10.6 Å². The van der Waals surface area contributed by atoms with Gasteiger partial charge in [0.2, 0.25) is 5.91 Å². The first-order valence-corrected chi connectivity index (χ1v) is 6.88. The highest BCUT2D eigenvalue weighted by Crippen LogP contribution is 2.30. The molecule has 1 amide bonds. The molecule has 5 heteroatoms. The normalized spacial score (nSPS) is 18.6. The number of carbonyl (C=O) groups excluding carboxylic acids is 1. The van der Waals surface area contributed by atoms with Gasteiger partial charge in [-0.05, 0) is 44.2 Å². The zero-order chi connectivity index (χ0) is 14.5. The lowest BCUT2D eigenvalue weighted by Gasteiger charge is -2.25. The number of rotatable bonds is 5. The molecule has 1 aliphatic rings. The van der Waals surface area contributed by atoms with Gasteiger partial charge >= 0.3 is 0 Å². The Bertz CT molecular complexity index is 476. The molecule has 0 bridgehead atoms.